The highest BCUT2D eigenvalue weighted by atomic mass is 16.1. The van der Waals surface area contributed by atoms with E-state index in [1.54, 1.807) is 0 Å². The van der Waals surface area contributed by atoms with Gasteiger partial charge in [-0.2, -0.15) is 0 Å². The predicted molar refractivity (Wildman–Crippen MR) is 46.0 cm³/mol. The molecule has 2 amide bonds. The summed E-state index contributed by atoms with van der Waals surface area (Å²) in [5.74, 6) is -0.329. The van der Waals surface area contributed by atoms with Crippen LogP contribution in [-0.4, -0.2) is 11.8 Å². The molecule has 0 radical (unpaired) electrons. The lowest BCUT2D eigenvalue weighted by Gasteiger charge is -2.06. The van der Waals surface area contributed by atoms with Gasteiger partial charge in [0.05, 0.1) is 0 Å². The van der Waals surface area contributed by atoms with Gasteiger partial charge in [-0.1, -0.05) is 6.92 Å². The first-order valence-electron chi connectivity index (χ1n) is 4.09. The van der Waals surface area contributed by atoms with E-state index in [0.29, 0.717) is 12.8 Å². The first-order chi connectivity index (χ1) is 5.52. The highest BCUT2D eigenvalue weighted by Crippen LogP contribution is 2.10. The molecule has 0 aromatic heterocycles. The Balaban J connectivity index is 3.37. The number of amides is 2. The number of nitrogens with two attached hydrogens (primary N) is 2. The van der Waals surface area contributed by atoms with Gasteiger partial charge in [0, 0.05) is 12.8 Å². The maximum absolute atomic E-state index is 10.4. The summed E-state index contributed by atoms with van der Waals surface area (Å²) in [4.78, 5) is 20.8. The summed E-state index contributed by atoms with van der Waals surface area (Å²) in [6, 6.07) is 0. The first-order valence-corrected chi connectivity index (χ1v) is 4.09. The Morgan fingerprint density at radius 2 is 1.83 bits per heavy atom. The Morgan fingerprint density at radius 3 is 2.25 bits per heavy atom. The van der Waals surface area contributed by atoms with Gasteiger partial charge in [-0.3, -0.25) is 9.59 Å². The maximum Gasteiger partial charge on any atom is 0.217 e. The molecule has 0 aliphatic heterocycles. The van der Waals surface area contributed by atoms with Crippen molar-refractivity contribution < 1.29 is 9.59 Å². The highest BCUT2D eigenvalue weighted by Gasteiger charge is 2.06. The van der Waals surface area contributed by atoms with E-state index in [1.807, 2.05) is 6.92 Å². The molecule has 12 heavy (non-hydrogen) atoms. The number of primary amides is 2. The van der Waals surface area contributed by atoms with Gasteiger partial charge in [0.2, 0.25) is 11.8 Å². The van der Waals surface area contributed by atoms with Crippen molar-refractivity contribution in [2.75, 3.05) is 0 Å². The minimum atomic E-state index is -0.290. The molecule has 0 unspecified atom stereocenters. The summed E-state index contributed by atoms with van der Waals surface area (Å²) in [6.07, 6.45) is 2.34. The third-order valence-electron chi connectivity index (χ3n) is 1.67. The Labute approximate surface area is 72.3 Å². The zero-order valence-corrected chi connectivity index (χ0v) is 7.38. The molecule has 70 valence electrons. The number of hydrogen-bond donors (Lipinski definition) is 2. The fourth-order valence-corrected chi connectivity index (χ4v) is 1.07. The molecule has 0 spiro atoms. The number of carbonyl (C=O) groups excluding carboxylic acids is 2. The number of carbonyl (C=O) groups is 2. The van der Waals surface area contributed by atoms with Crippen molar-refractivity contribution in [2.24, 2.45) is 17.4 Å². The molecular formula is C8H16N2O2. The predicted octanol–water partition coefficient (Wildman–Crippen LogP) is 0.153. The van der Waals surface area contributed by atoms with Crippen LogP contribution in [0.15, 0.2) is 0 Å². The third kappa shape index (κ3) is 7.05. The summed E-state index contributed by atoms with van der Waals surface area (Å²) < 4.78 is 0. The minimum Gasteiger partial charge on any atom is -0.370 e. The van der Waals surface area contributed by atoms with E-state index in [4.69, 9.17) is 11.5 Å². The minimum absolute atomic E-state index is 0.252. The van der Waals surface area contributed by atoms with Crippen LogP contribution < -0.4 is 11.5 Å². The van der Waals surface area contributed by atoms with Crippen LogP contribution in [0.4, 0.5) is 0 Å². The Bertz CT molecular complexity index is 168. The Morgan fingerprint density at radius 1 is 1.25 bits per heavy atom. The molecule has 0 bridgehead atoms. The molecule has 0 aromatic rings. The second-order valence-corrected chi connectivity index (χ2v) is 3.13. The average Bonchev–Trinajstić information content (AvgIpc) is 1.84. The Hall–Kier alpha value is -1.06. The fraction of sp³-hybridized carbons (Fsp3) is 0.750. The van der Waals surface area contributed by atoms with E-state index in [1.165, 1.54) is 0 Å². The van der Waals surface area contributed by atoms with E-state index in [0.717, 1.165) is 12.8 Å². The second kappa shape index (κ2) is 5.57. The summed E-state index contributed by atoms with van der Waals surface area (Å²) in [5, 5.41) is 0. The lowest BCUT2D eigenvalue weighted by atomic mass is 10.0. The SMILES string of the molecule is C[C@H](CCCC(N)=O)CC(N)=O. The van der Waals surface area contributed by atoms with Gasteiger partial charge in [-0.05, 0) is 18.8 Å². The molecule has 4 heteroatoms. The monoisotopic (exact) mass is 172 g/mol. The normalized spacial score (nSPS) is 12.4. The third-order valence-corrected chi connectivity index (χ3v) is 1.67. The largest absolute Gasteiger partial charge is 0.370 e. The maximum atomic E-state index is 10.4. The van der Waals surface area contributed by atoms with Crippen LogP contribution in [0.5, 0.6) is 0 Å². The molecule has 0 aliphatic rings. The zero-order chi connectivity index (χ0) is 9.56. The quantitative estimate of drug-likeness (QED) is 0.597. The molecule has 0 saturated heterocycles. The fourth-order valence-electron chi connectivity index (χ4n) is 1.07. The van der Waals surface area contributed by atoms with Crippen LogP contribution in [0.1, 0.15) is 32.6 Å². The molecule has 1 atom stereocenters. The lowest BCUT2D eigenvalue weighted by Crippen LogP contribution is -2.15. The number of rotatable bonds is 6. The van der Waals surface area contributed by atoms with E-state index in [-0.39, 0.29) is 17.7 Å². The average molecular weight is 172 g/mol. The molecule has 0 aliphatic carbocycles. The van der Waals surface area contributed by atoms with Crippen LogP contribution in [0.3, 0.4) is 0 Å². The van der Waals surface area contributed by atoms with Crippen LogP contribution in [-0.2, 0) is 9.59 Å². The highest BCUT2D eigenvalue weighted by molar-refractivity contribution is 5.74. The molecule has 0 fully saturated rings. The number of hydrogen-bond acceptors (Lipinski definition) is 2. The van der Waals surface area contributed by atoms with E-state index in [9.17, 15) is 9.59 Å². The van der Waals surface area contributed by atoms with E-state index < -0.39 is 0 Å². The van der Waals surface area contributed by atoms with Gasteiger partial charge in [-0.15, -0.1) is 0 Å². The van der Waals surface area contributed by atoms with Crippen molar-refractivity contribution in [3.8, 4) is 0 Å². The van der Waals surface area contributed by atoms with Crippen LogP contribution in [0, 0.1) is 5.92 Å². The van der Waals surface area contributed by atoms with Gasteiger partial charge in [0.25, 0.3) is 0 Å². The molecule has 0 rings (SSSR count). The first kappa shape index (κ1) is 10.9. The van der Waals surface area contributed by atoms with Gasteiger partial charge in [-0.25, -0.2) is 0 Å². The van der Waals surface area contributed by atoms with Gasteiger partial charge in [0.1, 0.15) is 0 Å². The summed E-state index contributed by atoms with van der Waals surface area (Å²) in [7, 11) is 0. The molecule has 0 saturated carbocycles. The lowest BCUT2D eigenvalue weighted by molar-refractivity contribution is -0.118. The summed E-state index contributed by atoms with van der Waals surface area (Å²) in [5.41, 5.74) is 9.94. The van der Waals surface area contributed by atoms with E-state index >= 15 is 0 Å². The molecule has 0 aromatic carbocycles. The topological polar surface area (TPSA) is 86.2 Å². The van der Waals surface area contributed by atoms with Gasteiger partial charge < -0.3 is 11.5 Å². The van der Waals surface area contributed by atoms with Crippen molar-refractivity contribution in [1.29, 1.82) is 0 Å². The zero-order valence-electron chi connectivity index (χ0n) is 7.38. The summed E-state index contributed by atoms with van der Waals surface area (Å²) in [6.45, 7) is 1.94. The van der Waals surface area contributed by atoms with Crippen molar-refractivity contribution in [3.63, 3.8) is 0 Å². The van der Waals surface area contributed by atoms with Crippen LogP contribution >= 0.6 is 0 Å². The Kier molecular flexibility index (Phi) is 5.08. The molecule has 4 nitrogen and oxygen atoms in total. The van der Waals surface area contributed by atoms with E-state index in [2.05, 4.69) is 0 Å². The van der Waals surface area contributed by atoms with Gasteiger partial charge >= 0.3 is 0 Å². The van der Waals surface area contributed by atoms with Crippen molar-refractivity contribution >= 4 is 11.8 Å². The van der Waals surface area contributed by atoms with Crippen molar-refractivity contribution in [1.82, 2.24) is 0 Å². The standard InChI is InChI=1S/C8H16N2O2/c1-6(5-8(10)12)3-2-4-7(9)11/h6H,2-5H2,1H3,(H2,9,11)(H2,10,12)/t6-/m1/s1. The van der Waals surface area contributed by atoms with Crippen LogP contribution in [0.25, 0.3) is 0 Å². The molecule has 4 N–H and O–H groups in total. The van der Waals surface area contributed by atoms with Crippen molar-refractivity contribution in [2.45, 2.75) is 32.6 Å². The molecule has 0 heterocycles. The van der Waals surface area contributed by atoms with Crippen molar-refractivity contribution in [3.05, 3.63) is 0 Å². The summed E-state index contributed by atoms with van der Waals surface area (Å²) >= 11 is 0. The van der Waals surface area contributed by atoms with Crippen LogP contribution in [0.2, 0.25) is 0 Å². The second-order valence-electron chi connectivity index (χ2n) is 3.13. The smallest absolute Gasteiger partial charge is 0.217 e. The molecular weight excluding hydrogens is 156 g/mol. The van der Waals surface area contributed by atoms with Gasteiger partial charge in [0.15, 0.2) is 0 Å².